The summed E-state index contributed by atoms with van der Waals surface area (Å²) in [5, 5.41) is 0. The fraction of sp³-hybridized carbons (Fsp3) is 0.600. The summed E-state index contributed by atoms with van der Waals surface area (Å²) in [4.78, 5) is 17.8. The molecule has 1 aromatic heterocycles. The van der Waals surface area contributed by atoms with E-state index in [9.17, 15) is 4.79 Å². The summed E-state index contributed by atoms with van der Waals surface area (Å²) in [6.45, 7) is 6.86. The Hall–Kier alpha value is -1.62. The second-order valence-electron chi connectivity index (χ2n) is 6.36. The molecule has 1 aromatic rings. The maximum atomic E-state index is 12.0. The summed E-state index contributed by atoms with van der Waals surface area (Å²) in [5.41, 5.74) is 6.71. The summed E-state index contributed by atoms with van der Waals surface area (Å²) >= 11 is 0. The van der Waals surface area contributed by atoms with Gasteiger partial charge >= 0.3 is 6.09 Å². The number of hydrogen-bond acceptors (Lipinski definition) is 4. The number of rotatable bonds is 1. The van der Waals surface area contributed by atoms with E-state index in [1.807, 2.05) is 32.9 Å². The van der Waals surface area contributed by atoms with Gasteiger partial charge in [0.1, 0.15) is 5.60 Å². The van der Waals surface area contributed by atoms with Crippen molar-refractivity contribution in [1.29, 1.82) is 0 Å². The molecule has 2 N–H and O–H groups in total. The Kier molecular flexibility index (Phi) is 3.99. The highest BCUT2D eigenvalue weighted by molar-refractivity contribution is 5.68. The Balaban J connectivity index is 1.97. The molecule has 0 unspecified atom stereocenters. The van der Waals surface area contributed by atoms with Crippen LogP contribution in [0.1, 0.15) is 39.2 Å². The zero-order valence-corrected chi connectivity index (χ0v) is 12.4. The van der Waals surface area contributed by atoms with E-state index in [1.54, 1.807) is 17.3 Å². The van der Waals surface area contributed by atoms with Gasteiger partial charge in [-0.1, -0.05) is 0 Å². The molecule has 20 heavy (non-hydrogen) atoms. The van der Waals surface area contributed by atoms with Gasteiger partial charge in [0.2, 0.25) is 0 Å². The van der Waals surface area contributed by atoms with E-state index >= 15 is 0 Å². The van der Waals surface area contributed by atoms with Crippen LogP contribution in [0, 0.1) is 0 Å². The number of amides is 1. The Bertz CT molecular complexity index is 460. The van der Waals surface area contributed by atoms with Crippen molar-refractivity contribution in [1.82, 2.24) is 9.88 Å². The van der Waals surface area contributed by atoms with Crippen LogP contribution in [0.4, 0.5) is 4.79 Å². The summed E-state index contributed by atoms with van der Waals surface area (Å²) in [5.74, 6) is 0. The minimum Gasteiger partial charge on any atom is -0.444 e. The lowest BCUT2D eigenvalue weighted by Gasteiger charge is -2.39. The first-order chi connectivity index (χ1) is 9.30. The molecule has 5 heteroatoms. The normalized spacial score (nSPS) is 18.7. The number of nitrogens with zero attached hydrogens (tertiary/aromatic N) is 2. The third-order valence-electron chi connectivity index (χ3n) is 3.56. The number of nitrogens with two attached hydrogens (primary N) is 1. The Morgan fingerprint density at radius 1 is 1.30 bits per heavy atom. The van der Waals surface area contributed by atoms with E-state index in [1.165, 1.54) is 0 Å². The van der Waals surface area contributed by atoms with Crippen LogP contribution >= 0.6 is 0 Å². The molecule has 0 spiro atoms. The fourth-order valence-electron chi connectivity index (χ4n) is 2.39. The van der Waals surface area contributed by atoms with Gasteiger partial charge < -0.3 is 15.4 Å². The fourth-order valence-corrected chi connectivity index (χ4v) is 2.39. The second kappa shape index (κ2) is 5.40. The molecule has 0 saturated carbocycles. The minimum atomic E-state index is -0.459. The lowest BCUT2D eigenvalue weighted by atomic mass is 9.82. The third-order valence-corrected chi connectivity index (χ3v) is 3.56. The molecule has 0 radical (unpaired) electrons. The predicted molar refractivity (Wildman–Crippen MR) is 77.1 cm³/mol. The number of carbonyl (C=O) groups excluding carboxylic acids is 1. The molecule has 0 bridgehead atoms. The summed E-state index contributed by atoms with van der Waals surface area (Å²) < 4.78 is 5.39. The number of likely N-dealkylation sites (tertiary alicyclic amines) is 1. The molecule has 1 saturated heterocycles. The first-order valence-corrected chi connectivity index (χ1v) is 6.97. The van der Waals surface area contributed by atoms with E-state index in [4.69, 9.17) is 10.5 Å². The predicted octanol–water partition coefficient (Wildman–Crippen LogP) is 2.27. The van der Waals surface area contributed by atoms with E-state index in [0.717, 1.165) is 18.4 Å². The SMILES string of the molecule is CC(C)(C)OC(=O)N1CCC(N)(c2ccncc2)CC1. The zero-order valence-electron chi connectivity index (χ0n) is 12.4. The number of aromatic nitrogens is 1. The van der Waals surface area contributed by atoms with Gasteiger partial charge in [-0.2, -0.15) is 0 Å². The topological polar surface area (TPSA) is 68.5 Å². The maximum Gasteiger partial charge on any atom is 0.410 e. The van der Waals surface area contributed by atoms with Crippen molar-refractivity contribution in [3.05, 3.63) is 30.1 Å². The second-order valence-corrected chi connectivity index (χ2v) is 6.36. The van der Waals surface area contributed by atoms with Crippen LogP contribution in [0.15, 0.2) is 24.5 Å². The molecule has 0 atom stereocenters. The van der Waals surface area contributed by atoms with Crippen LogP contribution in [0.25, 0.3) is 0 Å². The Morgan fingerprint density at radius 3 is 2.35 bits per heavy atom. The average Bonchev–Trinajstić information content (AvgIpc) is 2.38. The van der Waals surface area contributed by atoms with E-state index in [0.29, 0.717) is 13.1 Å². The van der Waals surface area contributed by atoms with Gasteiger partial charge in [0, 0.05) is 31.0 Å². The molecule has 1 aliphatic rings. The van der Waals surface area contributed by atoms with Crippen molar-refractivity contribution >= 4 is 6.09 Å². The summed E-state index contributed by atoms with van der Waals surface area (Å²) in [7, 11) is 0. The highest BCUT2D eigenvalue weighted by Crippen LogP contribution is 2.30. The molecule has 1 amide bonds. The lowest BCUT2D eigenvalue weighted by Crippen LogP contribution is -2.50. The molecule has 0 aliphatic carbocycles. The monoisotopic (exact) mass is 277 g/mol. The smallest absolute Gasteiger partial charge is 0.410 e. The van der Waals surface area contributed by atoms with Gasteiger partial charge in [-0.3, -0.25) is 4.98 Å². The van der Waals surface area contributed by atoms with Crippen LogP contribution in [0.3, 0.4) is 0 Å². The van der Waals surface area contributed by atoms with Crippen molar-refractivity contribution in [2.75, 3.05) is 13.1 Å². The molecule has 2 heterocycles. The van der Waals surface area contributed by atoms with Gasteiger partial charge in [0.15, 0.2) is 0 Å². The minimum absolute atomic E-state index is 0.255. The number of hydrogen-bond donors (Lipinski definition) is 1. The van der Waals surface area contributed by atoms with Crippen molar-refractivity contribution in [2.45, 2.75) is 44.8 Å². The molecule has 1 fully saturated rings. The van der Waals surface area contributed by atoms with Crippen LogP contribution in [-0.4, -0.2) is 34.7 Å². The van der Waals surface area contributed by atoms with E-state index in [2.05, 4.69) is 4.98 Å². The molecule has 1 aliphatic heterocycles. The lowest BCUT2D eigenvalue weighted by molar-refractivity contribution is 0.0166. The van der Waals surface area contributed by atoms with Crippen LogP contribution < -0.4 is 5.73 Å². The standard InChI is InChI=1S/C15H23N3O2/c1-14(2,3)20-13(19)18-10-6-15(16,7-11-18)12-4-8-17-9-5-12/h4-5,8-9H,6-7,10-11,16H2,1-3H3. The molecule has 2 rings (SSSR count). The molecule has 5 nitrogen and oxygen atoms in total. The molecular formula is C15H23N3O2. The van der Waals surface area contributed by atoms with Gasteiger partial charge in [0.25, 0.3) is 0 Å². The van der Waals surface area contributed by atoms with Crippen LogP contribution in [0.5, 0.6) is 0 Å². The Labute approximate surface area is 120 Å². The van der Waals surface area contributed by atoms with Crippen LogP contribution in [0.2, 0.25) is 0 Å². The largest absolute Gasteiger partial charge is 0.444 e. The average molecular weight is 277 g/mol. The highest BCUT2D eigenvalue weighted by atomic mass is 16.6. The summed E-state index contributed by atoms with van der Waals surface area (Å²) in [6, 6.07) is 3.90. The number of carbonyl (C=O) groups is 1. The van der Waals surface area contributed by atoms with Gasteiger partial charge in [0.05, 0.1) is 0 Å². The number of piperidine rings is 1. The first-order valence-electron chi connectivity index (χ1n) is 6.97. The highest BCUT2D eigenvalue weighted by Gasteiger charge is 2.35. The molecular weight excluding hydrogens is 254 g/mol. The number of pyridine rings is 1. The third kappa shape index (κ3) is 3.48. The van der Waals surface area contributed by atoms with Gasteiger partial charge in [-0.05, 0) is 51.3 Å². The van der Waals surface area contributed by atoms with Crippen molar-refractivity contribution < 1.29 is 9.53 Å². The molecule has 110 valence electrons. The van der Waals surface area contributed by atoms with Gasteiger partial charge in [-0.15, -0.1) is 0 Å². The van der Waals surface area contributed by atoms with E-state index in [-0.39, 0.29) is 11.6 Å². The first kappa shape index (κ1) is 14.8. The molecule has 0 aromatic carbocycles. The quantitative estimate of drug-likeness (QED) is 0.855. The van der Waals surface area contributed by atoms with E-state index < -0.39 is 5.60 Å². The van der Waals surface area contributed by atoms with Crippen molar-refractivity contribution in [3.63, 3.8) is 0 Å². The zero-order chi connectivity index (χ0) is 14.8. The van der Waals surface area contributed by atoms with Gasteiger partial charge in [-0.25, -0.2) is 4.79 Å². The summed E-state index contributed by atoms with van der Waals surface area (Å²) in [6.07, 6.45) is 4.72. The van der Waals surface area contributed by atoms with Crippen molar-refractivity contribution in [2.24, 2.45) is 5.73 Å². The van der Waals surface area contributed by atoms with Crippen molar-refractivity contribution in [3.8, 4) is 0 Å². The Morgan fingerprint density at radius 2 is 1.85 bits per heavy atom. The number of ether oxygens (including phenoxy) is 1. The maximum absolute atomic E-state index is 12.0. The van der Waals surface area contributed by atoms with Crippen LogP contribution in [-0.2, 0) is 10.3 Å².